The maximum Gasteiger partial charge on any atom is 0.307 e. The van der Waals surface area contributed by atoms with Gasteiger partial charge in [0.1, 0.15) is 6.10 Å². The van der Waals surface area contributed by atoms with Crippen LogP contribution in [0.2, 0.25) is 0 Å². The van der Waals surface area contributed by atoms with Crippen LogP contribution >= 0.6 is 11.8 Å². The van der Waals surface area contributed by atoms with E-state index in [0.717, 1.165) is 5.56 Å². The second kappa shape index (κ2) is 5.71. The van der Waals surface area contributed by atoms with Gasteiger partial charge in [-0.1, -0.05) is 48.0 Å². The fourth-order valence-electron chi connectivity index (χ4n) is 2.36. The highest BCUT2D eigenvalue weighted by Crippen LogP contribution is 2.41. The zero-order valence-corrected chi connectivity index (χ0v) is 12.1. The molecule has 0 aliphatic carbocycles. The minimum absolute atomic E-state index is 0.108. The number of ether oxygens (including phenoxy) is 1. The van der Waals surface area contributed by atoms with E-state index in [4.69, 9.17) is 4.74 Å². The Bertz CT molecular complexity index is 592. The molecule has 0 amide bonds. The van der Waals surface area contributed by atoms with E-state index in [9.17, 15) is 4.79 Å². The fraction of sp³-hybridized carbons (Fsp3) is 0.235. The molecule has 1 aliphatic rings. The van der Waals surface area contributed by atoms with Gasteiger partial charge in [-0.25, -0.2) is 0 Å². The van der Waals surface area contributed by atoms with Gasteiger partial charge in [0.2, 0.25) is 0 Å². The van der Waals surface area contributed by atoms with Crippen molar-refractivity contribution in [1.29, 1.82) is 0 Å². The van der Waals surface area contributed by atoms with Gasteiger partial charge in [0, 0.05) is 4.90 Å². The molecule has 20 heavy (non-hydrogen) atoms. The first-order valence-electron chi connectivity index (χ1n) is 6.70. The first-order valence-corrected chi connectivity index (χ1v) is 7.58. The summed E-state index contributed by atoms with van der Waals surface area (Å²) in [6.07, 6.45) is 0.327. The number of cyclic esters (lactones) is 1. The first-order chi connectivity index (χ1) is 9.72. The second-order valence-electron chi connectivity index (χ2n) is 4.99. The van der Waals surface area contributed by atoms with E-state index in [1.54, 1.807) is 11.8 Å². The van der Waals surface area contributed by atoms with Gasteiger partial charge in [-0.3, -0.25) is 4.79 Å². The predicted octanol–water partition coefficient (Wildman–Crippen LogP) is 4.14. The summed E-state index contributed by atoms with van der Waals surface area (Å²) in [5.41, 5.74) is 2.32. The number of carbonyl (C=O) groups excluding carboxylic acids is 1. The molecule has 0 radical (unpaired) electrons. The van der Waals surface area contributed by atoms with Crippen molar-refractivity contribution in [2.45, 2.75) is 29.6 Å². The molecule has 102 valence electrons. The highest BCUT2D eigenvalue weighted by atomic mass is 32.2. The van der Waals surface area contributed by atoms with E-state index in [1.165, 1.54) is 10.5 Å². The third kappa shape index (κ3) is 2.88. The van der Waals surface area contributed by atoms with Gasteiger partial charge in [-0.2, -0.15) is 0 Å². The fourth-order valence-corrected chi connectivity index (χ4v) is 3.56. The summed E-state index contributed by atoms with van der Waals surface area (Å²) in [5, 5.41) is 0.146. The molecule has 0 N–H and O–H groups in total. The molecule has 3 rings (SSSR count). The van der Waals surface area contributed by atoms with Crippen LogP contribution in [0.3, 0.4) is 0 Å². The predicted molar refractivity (Wildman–Crippen MR) is 80.7 cm³/mol. The summed E-state index contributed by atoms with van der Waals surface area (Å²) in [6, 6.07) is 18.4. The molecule has 1 heterocycles. The largest absolute Gasteiger partial charge is 0.456 e. The zero-order valence-electron chi connectivity index (χ0n) is 11.3. The van der Waals surface area contributed by atoms with Crippen molar-refractivity contribution in [3.05, 3.63) is 65.7 Å². The smallest absolute Gasteiger partial charge is 0.307 e. The summed E-state index contributed by atoms with van der Waals surface area (Å²) >= 11 is 1.72. The number of carbonyl (C=O) groups is 1. The lowest BCUT2D eigenvalue weighted by Crippen LogP contribution is -2.09. The zero-order chi connectivity index (χ0) is 13.9. The van der Waals surface area contributed by atoms with Gasteiger partial charge in [0.15, 0.2) is 0 Å². The van der Waals surface area contributed by atoms with Crippen LogP contribution in [-0.4, -0.2) is 11.2 Å². The number of esters is 1. The molecule has 2 atom stereocenters. The summed E-state index contributed by atoms with van der Waals surface area (Å²) in [4.78, 5) is 12.8. The Balaban J connectivity index is 1.80. The molecule has 1 saturated heterocycles. The van der Waals surface area contributed by atoms with E-state index in [1.807, 2.05) is 30.3 Å². The molecule has 3 heteroatoms. The van der Waals surface area contributed by atoms with Gasteiger partial charge in [0.05, 0.1) is 11.7 Å². The molecule has 0 bridgehead atoms. The Labute approximate surface area is 123 Å². The third-order valence-electron chi connectivity index (χ3n) is 3.40. The van der Waals surface area contributed by atoms with E-state index < -0.39 is 0 Å². The van der Waals surface area contributed by atoms with Crippen LogP contribution in [0.15, 0.2) is 59.5 Å². The van der Waals surface area contributed by atoms with Crippen LogP contribution in [-0.2, 0) is 9.53 Å². The van der Waals surface area contributed by atoms with Crippen LogP contribution in [0.25, 0.3) is 0 Å². The molecular formula is C17H16O2S. The molecule has 2 aromatic carbocycles. The van der Waals surface area contributed by atoms with Crippen molar-refractivity contribution in [3.8, 4) is 0 Å². The second-order valence-corrected chi connectivity index (χ2v) is 6.31. The maximum absolute atomic E-state index is 11.6. The van der Waals surface area contributed by atoms with Crippen molar-refractivity contribution < 1.29 is 9.53 Å². The molecule has 2 nitrogen and oxygen atoms in total. The van der Waals surface area contributed by atoms with E-state index >= 15 is 0 Å². The Morgan fingerprint density at radius 3 is 2.45 bits per heavy atom. The van der Waals surface area contributed by atoms with Crippen LogP contribution < -0.4 is 0 Å². The molecule has 2 aromatic rings. The Kier molecular flexibility index (Phi) is 3.79. The van der Waals surface area contributed by atoms with Crippen molar-refractivity contribution in [3.63, 3.8) is 0 Å². The number of rotatable bonds is 3. The minimum Gasteiger partial charge on any atom is -0.456 e. The van der Waals surface area contributed by atoms with Gasteiger partial charge in [-0.05, 0) is 24.6 Å². The topological polar surface area (TPSA) is 26.3 Å². The molecule has 0 aromatic heterocycles. The molecular weight excluding hydrogens is 268 g/mol. The Morgan fingerprint density at radius 2 is 1.75 bits per heavy atom. The summed E-state index contributed by atoms with van der Waals surface area (Å²) < 4.78 is 5.50. The number of aryl methyl sites for hydroxylation is 1. The van der Waals surface area contributed by atoms with Gasteiger partial charge < -0.3 is 4.74 Å². The number of hydrogen-bond acceptors (Lipinski definition) is 3. The molecule has 1 aliphatic heterocycles. The van der Waals surface area contributed by atoms with Gasteiger partial charge >= 0.3 is 5.97 Å². The van der Waals surface area contributed by atoms with Crippen molar-refractivity contribution in [1.82, 2.24) is 0 Å². The van der Waals surface area contributed by atoms with Crippen LogP contribution in [0.4, 0.5) is 0 Å². The van der Waals surface area contributed by atoms with Crippen LogP contribution in [0.5, 0.6) is 0 Å². The van der Waals surface area contributed by atoms with Crippen LogP contribution in [0.1, 0.15) is 23.7 Å². The average molecular weight is 284 g/mol. The maximum atomic E-state index is 11.6. The summed E-state index contributed by atoms with van der Waals surface area (Å²) in [7, 11) is 0. The molecule has 0 saturated carbocycles. The third-order valence-corrected chi connectivity index (χ3v) is 4.66. The van der Waals surface area contributed by atoms with Crippen molar-refractivity contribution in [2.75, 3.05) is 0 Å². The molecule has 1 fully saturated rings. The lowest BCUT2D eigenvalue weighted by Gasteiger charge is -2.17. The highest BCUT2D eigenvalue weighted by Gasteiger charge is 2.36. The Hall–Kier alpha value is -1.74. The summed E-state index contributed by atoms with van der Waals surface area (Å²) in [5.74, 6) is -0.108. The van der Waals surface area contributed by atoms with Crippen LogP contribution in [0, 0.1) is 6.92 Å². The van der Waals surface area contributed by atoms with E-state index in [-0.39, 0.29) is 17.3 Å². The number of hydrogen-bond donors (Lipinski definition) is 0. The van der Waals surface area contributed by atoms with Gasteiger partial charge in [-0.15, -0.1) is 11.8 Å². The lowest BCUT2D eigenvalue weighted by atomic mass is 10.1. The number of thioether (sulfide) groups is 1. The first kappa shape index (κ1) is 13.3. The average Bonchev–Trinajstić information content (AvgIpc) is 2.83. The van der Waals surface area contributed by atoms with E-state index in [2.05, 4.69) is 31.2 Å². The van der Waals surface area contributed by atoms with E-state index in [0.29, 0.717) is 6.42 Å². The lowest BCUT2D eigenvalue weighted by molar-refractivity contribution is -0.141. The summed E-state index contributed by atoms with van der Waals surface area (Å²) in [6.45, 7) is 2.07. The van der Waals surface area contributed by atoms with Crippen molar-refractivity contribution >= 4 is 17.7 Å². The standard InChI is InChI=1S/C17H16O2S/c1-12-7-9-14(10-8-12)20-15-11-16(18)19-17(15)13-5-3-2-4-6-13/h2-10,15,17H,11H2,1H3/t15-,17+/m1/s1. The Morgan fingerprint density at radius 1 is 1.05 bits per heavy atom. The normalized spacial score (nSPS) is 21.8. The molecule has 0 spiro atoms. The highest BCUT2D eigenvalue weighted by molar-refractivity contribution is 8.00. The monoisotopic (exact) mass is 284 g/mol. The quantitative estimate of drug-likeness (QED) is 0.792. The number of benzene rings is 2. The SMILES string of the molecule is Cc1ccc(S[C@@H]2CC(=O)O[C@H]2c2ccccc2)cc1. The minimum atomic E-state index is -0.144. The van der Waals surface area contributed by atoms with Gasteiger partial charge in [0.25, 0.3) is 0 Å². The molecule has 0 unspecified atom stereocenters. The van der Waals surface area contributed by atoms with Crippen molar-refractivity contribution in [2.24, 2.45) is 0 Å².